The number of rotatable bonds is 54. The summed E-state index contributed by atoms with van der Waals surface area (Å²) in [4.78, 5) is 136. The van der Waals surface area contributed by atoms with Crippen LogP contribution in [0.3, 0.4) is 0 Å². The summed E-state index contributed by atoms with van der Waals surface area (Å²) in [5, 5.41) is 3.17. The van der Waals surface area contributed by atoms with Crippen LogP contribution < -0.4 is 10.2 Å². The molecule has 5 unspecified atom stereocenters. The molecule has 5 rings (SSSR count). The van der Waals surface area contributed by atoms with E-state index in [2.05, 4.69) is 30.4 Å². The van der Waals surface area contributed by atoms with Gasteiger partial charge in [-0.15, -0.1) is 0 Å². The number of hydrogen-bond donors (Lipinski definition) is 2. The largest absolute Gasteiger partial charge is 0.468 e. The summed E-state index contributed by atoms with van der Waals surface area (Å²) in [7, 11) is 0.450. The Bertz CT molecular complexity index is 3080. The number of hydrogen-bond acceptors (Lipinski definition) is 22. The van der Waals surface area contributed by atoms with Gasteiger partial charge < -0.3 is 52.8 Å². The van der Waals surface area contributed by atoms with Crippen molar-refractivity contribution in [2.24, 2.45) is 23.7 Å². The predicted molar refractivity (Wildman–Crippen MR) is 413 cm³/mol. The molecule has 2 heterocycles. The minimum atomic E-state index is -3.58. The van der Waals surface area contributed by atoms with Gasteiger partial charge in [0, 0.05) is 129 Å². The molecule has 0 spiro atoms. The Kier molecular flexibility index (Phi) is 45.4. The molecule has 2 aliphatic heterocycles. The molecule has 602 valence electrons. The van der Waals surface area contributed by atoms with Crippen molar-refractivity contribution < 1.29 is 90.3 Å². The third kappa shape index (κ3) is 38.0. The topological polar surface area (TPSA) is 293 Å². The molecule has 1 fully saturated rings. The van der Waals surface area contributed by atoms with Gasteiger partial charge in [0.05, 0.1) is 119 Å². The minimum absolute atomic E-state index is 0.00578. The number of methoxy groups -OCH3 is 3. The minimum Gasteiger partial charge on any atom is -0.468 e. The van der Waals surface area contributed by atoms with Gasteiger partial charge in [-0.3, -0.25) is 67.3 Å². The highest BCUT2D eigenvalue weighted by atomic mass is 31.2. The van der Waals surface area contributed by atoms with E-state index in [-0.39, 0.29) is 128 Å². The van der Waals surface area contributed by atoms with Crippen LogP contribution in [0.1, 0.15) is 192 Å². The summed E-state index contributed by atoms with van der Waals surface area (Å²) in [6, 6.07) is 16.3. The zero-order valence-electron chi connectivity index (χ0n) is 65.6. The fraction of sp³-hybridized carbons (Fsp3) is 0.716. The lowest BCUT2D eigenvalue weighted by Crippen LogP contribution is -2.50. The monoisotopic (exact) mass is 1520 g/mol. The van der Waals surface area contributed by atoms with Crippen LogP contribution in [0.5, 0.6) is 0 Å². The average molecular weight is 1520 g/mol. The summed E-state index contributed by atoms with van der Waals surface area (Å²) in [6.45, 7) is 16.1. The maximum Gasteiger partial charge on any atom is 0.328 e. The lowest BCUT2D eigenvalue weighted by Gasteiger charge is -2.33. The van der Waals surface area contributed by atoms with Gasteiger partial charge in [-0.2, -0.15) is 0 Å². The second-order valence-corrected chi connectivity index (χ2v) is 31.2. The molecule has 2 aromatic carbocycles. The highest BCUT2D eigenvalue weighted by molar-refractivity contribution is 7.52. The predicted octanol–water partition coefficient (Wildman–Crippen LogP) is 10.4. The third-order valence-corrected chi connectivity index (χ3v) is 21.9. The van der Waals surface area contributed by atoms with Gasteiger partial charge in [-0.05, 0) is 116 Å². The van der Waals surface area contributed by atoms with Gasteiger partial charge in [-0.1, -0.05) is 95.8 Å². The summed E-state index contributed by atoms with van der Waals surface area (Å²) >= 11 is 0. The summed E-state index contributed by atoms with van der Waals surface area (Å²) in [6.07, 6.45) is 14.6. The van der Waals surface area contributed by atoms with Crippen molar-refractivity contribution in [2.75, 3.05) is 177 Å². The number of fused-ring (bicyclic) bond motifs is 4. The fourth-order valence-electron chi connectivity index (χ4n) is 14.2. The second kappa shape index (κ2) is 53.0. The number of allylic oxidation sites excluding steroid dienone is 2. The van der Waals surface area contributed by atoms with Crippen molar-refractivity contribution in [2.45, 2.75) is 182 Å². The Morgan fingerprint density at radius 1 is 0.505 bits per heavy atom. The molecular weight excluding hydrogens is 1390 g/mol. The normalized spacial score (nSPS) is 17.0. The molecule has 0 radical (unpaired) electrons. The van der Waals surface area contributed by atoms with E-state index in [0.29, 0.717) is 183 Å². The van der Waals surface area contributed by atoms with Crippen LogP contribution in [-0.2, 0) is 91.9 Å². The molecule has 5 atom stereocenters. The molecule has 25 nitrogen and oxygen atoms in total. The van der Waals surface area contributed by atoms with Gasteiger partial charge in [-0.25, -0.2) is 0 Å². The standard InChI is InChI=1S/C81H129N6O19P/c1-8-20-65(4)62-107(97,98)106-47-18-21-63(2)55-71(91)32-30-64(3)56-70(90)25-12-10-9-11-24-69(89)36-48-103-50-52-105-54-53-104-51-49-102-46-19-26-68(88)33-35-77(93)87-57-67-22-13-14-27-72(67)81-66(31-34-74(81)73-28-15-16-29-75(73)87)23-17-37-82-76(92)58-83-38-40-84(59-78(94)99-5)42-44-86(61-80(96)101-7)45-43-85(41-39-83)60-79(95)100-6/h13-16,22,27-29,63-66H,8-12,17-21,23-26,30-62H2,1-7H3,(H,82,92)(H,97,98). The Morgan fingerprint density at radius 3 is 1.58 bits per heavy atom. The lowest BCUT2D eigenvalue weighted by molar-refractivity contribution is -0.144. The highest BCUT2D eigenvalue weighted by Crippen LogP contribution is 2.50. The number of para-hydroxylation sites is 1. The van der Waals surface area contributed by atoms with Crippen molar-refractivity contribution in [3.05, 3.63) is 65.2 Å². The third-order valence-electron chi connectivity index (χ3n) is 20.2. The smallest absolute Gasteiger partial charge is 0.328 e. The van der Waals surface area contributed by atoms with E-state index in [1.54, 1.807) is 0 Å². The number of nitrogens with zero attached hydrogens (tertiary/aromatic N) is 5. The number of ether oxygens (including phenoxy) is 7. The zero-order chi connectivity index (χ0) is 77.6. The van der Waals surface area contributed by atoms with E-state index >= 15 is 0 Å². The summed E-state index contributed by atoms with van der Waals surface area (Å²) < 4.78 is 55.1. The van der Waals surface area contributed by atoms with Crippen LogP contribution in [0.25, 0.3) is 11.1 Å². The number of ketones is 4. The summed E-state index contributed by atoms with van der Waals surface area (Å²) in [5.41, 5.74) is 6.52. The fourth-order valence-corrected chi connectivity index (χ4v) is 15.6. The Hall–Kier alpha value is -5.96. The van der Waals surface area contributed by atoms with Gasteiger partial charge in [0.25, 0.3) is 0 Å². The number of nitrogens with one attached hydrogen (secondary N) is 1. The number of unbranched alkanes of at least 4 members (excludes halogenated alkanes) is 3. The Balaban J connectivity index is 0.896. The maximum absolute atomic E-state index is 14.3. The van der Waals surface area contributed by atoms with Crippen LogP contribution in [0.2, 0.25) is 0 Å². The Morgan fingerprint density at radius 2 is 1.00 bits per heavy atom. The van der Waals surface area contributed by atoms with Crippen LogP contribution in [0.15, 0.2) is 48.5 Å². The van der Waals surface area contributed by atoms with Gasteiger partial charge in [0.2, 0.25) is 11.8 Å². The van der Waals surface area contributed by atoms with Gasteiger partial charge in [0.1, 0.15) is 23.1 Å². The molecule has 2 amide bonds. The molecule has 1 aliphatic carbocycles. The van der Waals surface area contributed by atoms with E-state index in [9.17, 15) is 52.6 Å². The SMILES string of the molecule is CCCC(C)CP(=O)(O)OCCCC(C)CC(=O)CCC(C)CC(=O)CCCCCCC(=O)CCOCCOCCOCCOCCCC(=O)CCC(=O)N1Cc2ccccc2C2=C(CCC2CCCNC(=O)CN2CCN(CC(=O)OC)CCN(CC(=O)OC)CCN(CC(=O)OC)CC2)c2ccccc21. The number of anilines is 1. The molecule has 0 saturated carbocycles. The van der Waals surface area contributed by atoms with Gasteiger partial charge in [0.15, 0.2) is 0 Å². The van der Waals surface area contributed by atoms with Crippen molar-refractivity contribution >= 4 is 77.3 Å². The first-order valence-corrected chi connectivity index (χ1v) is 41.3. The van der Waals surface area contributed by atoms with Crippen molar-refractivity contribution in [1.29, 1.82) is 0 Å². The molecule has 107 heavy (non-hydrogen) atoms. The number of Topliss-reactive ketones (excluding diaryl/α,β-unsaturated/α-hetero) is 4. The number of benzene rings is 2. The van der Waals surface area contributed by atoms with Crippen LogP contribution in [0.4, 0.5) is 5.69 Å². The maximum atomic E-state index is 14.3. The van der Waals surface area contributed by atoms with Gasteiger partial charge >= 0.3 is 25.5 Å². The molecule has 2 N–H and O–H groups in total. The van der Waals surface area contributed by atoms with E-state index in [4.69, 9.17) is 37.7 Å². The number of carbonyl (C=O) groups is 9. The number of amides is 2. The molecular formula is C81H129N6O19P. The van der Waals surface area contributed by atoms with E-state index in [0.717, 1.165) is 93.0 Å². The van der Waals surface area contributed by atoms with Crippen LogP contribution >= 0.6 is 7.60 Å². The number of esters is 3. The molecule has 0 bridgehead atoms. The molecule has 3 aliphatic rings. The zero-order valence-corrected chi connectivity index (χ0v) is 66.5. The first-order valence-electron chi connectivity index (χ1n) is 39.5. The second-order valence-electron chi connectivity index (χ2n) is 29.3. The first kappa shape index (κ1) is 91.6. The van der Waals surface area contributed by atoms with Crippen molar-refractivity contribution in [3.8, 4) is 0 Å². The highest BCUT2D eigenvalue weighted by Gasteiger charge is 2.34. The quantitative estimate of drug-likeness (QED) is 0.0269. The lowest BCUT2D eigenvalue weighted by atomic mass is 9.85. The molecule has 0 aromatic heterocycles. The van der Waals surface area contributed by atoms with Crippen molar-refractivity contribution in [1.82, 2.24) is 24.9 Å². The van der Waals surface area contributed by atoms with E-state index < -0.39 is 7.60 Å². The van der Waals surface area contributed by atoms with Crippen LogP contribution in [0, 0.1) is 23.7 Å². The Labute approximate surface area is 637 Å². The molecule has 2 aromatic rings. The van der Waals surface area contributed by atoms with Crippen LogP contribution in [-0.4, -0.2) is 249 Å². The van der Waals surface area contributed by atoms with E-state index in [1.165, 1.54) is 32.5 Å². The van der Waals surface area contributed by atoms with E-state index in [1.807, 2.05) is 75.6 Å². The first-order chi connectivity index (χ1) is 51.6. The summed E-state index contributed by atoms with van der Waals surface area (Å²) in [5.74, 6) is -0.147. The molecule has 26 heteroatoms. The number of carbonyl (C=O) groups excluding carboxylic acids is 9. The molecule has 1 saturated heterocycles. The average Bonchev–Trinajstić information content (AvgIpc) is 1.69. The van der Waals surface area contributed by atoms with Crippen molar-refractivity contribution in [3.63, 3.8) is 0 Å².